The number of likely N-dealkylation sites (N-methyl/N-ethyl adjacent to an activating group) is 5. The number of ether oxygens (including phenoxy) is 7. The highest BCUT2D eigenvalue weighted by Gasteiger charge is 2.68. The van der Waals surface area contributed by atoms with Crippen molar-refractivity contribution in [1.82, 2.24) is 53.9 Å². The molecule has 7 saturated heterocycles. The Kier molecular flexibility index (Phi) is 45.4. The zero-order chi connectivity index (χ0) is 107. The molecule has 40 heteroatoms. The van der Waals surface area contributed by atoms with Crippen LogP contribution in [-0.2, 0) is 106 Å². The lowest BCUT2D eigenvalue weighted by molar-refractivity contribution is -0.199. The molecule has 39 nitrogen and oxygen atoms in total. The number of hydrogen-bond donors (Lipinski definition) is 0. The number of benzene rings is 1. The van der Waals surface area contributed by atoms with Crippen LogP contribution in [0.4, 0.5) is 24.0 Å². The Morgan fingerprint density at radius 2 is 0.856 bits per heavy atom. The van der Waals surface area contributed by atoms with Gasteiger partial charge >= 0.3 is 62.0 Å². The van der Waals surface area contributed by atoms with E-state index in [4.69, 9.17) is 71.2 Å². The monoisotopic (exact) mass is 1960 g/mol. The number of Topliss-reactive ketones (excluding diaryl/α,β-unsaturated/α-hetero) is 1. The molecule has 3 saturated carbocycles. The van der Waals surface area contributed by atoms with Crippen LogP contribution >= 0.6 is 0 Å². The van der Waals surface area contributed by atoms with Crippen molar-refractivity contribution in [2.45, 2.75) is 338 Å². The van der Waals surface area contributed by atoms with E-state index in [1.807, 2.05) is 116 Å². The highest BCUT2D eigenvalue weighted by molar-refractivity contribution is 6.45. The predicted molar refractivity (Wildman–Crippen MR) is 510 cm³/mol. The Balaban J connectivity index is 0.000000484. The molecule has 782 valence electrons. The molecule has 2 bridgehead atoms. The van der Waals surface area contributed by atoms with Gasteiger partial charge in [0.25, 0.3) is 0 Å². The first-order valence-corrected chi connectivity index (χ1v) is 47.6. The van der Waals surface area contributed by atoms with Crippen LogP contribution in [0.3, 0.4) is 0 Å². The average Bonchev–Trinajstić information content (AvgIpc) is 1.63. The van der Waals surface area contributed by atoms with E-state index in [-0.39, 0.29) is 140 Å². The second-order valence-electron chi connectivity index (χ2n) is 44.6. The highest BCUT2D eigenvalue weighted by atomic mass is 16.7. The third-order valence-corrected chi connectivity index (χ3v) is 24.3. The molecule has 7 aliphatic heterocycles. The maximum Gasteiger partial charge on any atom is 0.457 e. The molecule has 12 atom stereocenters. The maximum atomic E-state index is 13.7. The number of likely N-dealkylation sites (tertiary alicyclic amines) is 6. The number of carbonyl (C=O) groups excluding carboxylic acids is 19. The Labute approximate surface area is 822 Å². The van der Waals surface area contributed by atoms with Crippen LogP contribution in [0.5, 0.6) is 5.75 Å². The minimum atomic E-state index is -0.734. The SMILES string of the molecule is CC/C=C1\C[C@H](C(=O)N(C)C)N(C(=O)OC(C)(C)C)C1.CCC[C@@H]1CC(C(=O)N(C)C)N(C(=O)OC(C)(C)C)C1.CN(C)C(=O)[C@H]1CC(=O)CN1C(=O)OC(C)(C)C.C[C@@H]1CC(C(=O)N(C)C)N(C(=O)OC(C)(C)C)C1.Cc1c(CCB2O[C@@H]3C[C@@H]4C[C@@H](C4(C)C)[C@]3(C)O2)ccc(OC2CN(C(=O)C[C@@H]3C[C@H](C(=O)N(C)C)N(C(=O)OC(C)(C)C)C3)C2)c1C(=O)OC(C)(C)C.O=C=O.O=C=O.O=C=O. The molecule has 11 rings (SSSR count). The van der Waals surface area contributed by atoms with E-state index in [9.17, 15) is 62.3 Å². The summed E-state index contributed by atoms with van der Waals surface area (Å²) in [6.07, 6.45) is 9.60. The fourth-order valence-corrected chi connectivity index (χ4v) is 18.1. The smallest absolute Gasteiger partial charge is 0.457 e. The van der Waals surface area contributed by atoms with Gasteiger partial charge in [0.05, 0.1) is 31.3 Å². The molecule has 3 aliphatic carbocycles. The normalized spacial score (nSPS) is 23.4. The average molecular weight is 1960 g/mol. The molecule has 10 fully saturated rings. The van der Waals surface area contributed by atoms with Gasteiger partial charge in [-0.05, 0) is 255 Å². The Morgan fingerprint density at radius 1 is 0.482 bits per heavy atom. The maximum absolute atomic E-state index is 13.7. The molecule has 139 heavy (non-hydrogen) atoms. The topological polar surface area (TPSA) is 443 Å². The Hall–Kier alpha value is -10.8. The molecule has 0 radical (unpaired) electrons. The van der Waals surface area contributed by atoms with Crippen LogP contribution in [-0.4, -0.2) is 355 Å². The van der Waals surface area contributed by atoms with E-state index in [0.717, 1.165) is 48.8 Å². The number of carbonyl (C=O) groups is 13. The zero-order valence-corrected chi connectivity index (χ0v) is 89.2. The number of ketones is 1. The van der Waals surface area contributed by atoms with Crippen molar-refractivity contribution < 1.29 is 134 Å². The van der Waals surface area contributed by atoms with Gasteiger partial charge in [0.2, 0.25) is 35.4 Å². The minimum Gasteiger partial charge on any atom is -0.486 e. The van der Waals surface area contributed by atoms with Crippen molar-refractivity contribution in [3.8, 4) is 5.75 Å². The van der Waals surface area contributed by atoms with E-state index >= 15 is 0 Å². The quantitative estimate of drug-likeness (QED) is 0.0642. The first kappa shape index (κ1) is 122. The van der Waals surface area contributed by atoms with E-state index in [2.05, 4.69) is 33.8 Å². The number of esters is 1. The fraction of sp³-hybridized carbons (Fsp3) is 0.758. The second kappa shape index (κ2) is 51.6. The summed E-state index contributed by atoms with van der Waals surface area (Å²) in [6, 6.07) is 1.22. The first-order valence-electron chi connectivity index (χ1n) is 47.6. The first-order chi connectivity index (χ1) is 63.7. The van der Waals surface area contributed by atoms with Gasteiger partial charge in [-0.2, -0.15) is 28.8 Å². The van der Waals surface area contributed by atoms with Crippen molar-refractivity contribution in [2.24, 2.45) is 35.0 Å². The predicted octanol–water partition coefficient (Wildman–Crippen LogP) is 11.5. The number of rotatable bonds is 16. The summed E-state index contributed by atoms with van der Waals surface area (Å²) in [4.78, 5) is 227. The molecule has 0 N–H and O–H groups in total. The summed E-state index contributed by atoms with van der Waals surface area (Å²) in [5, 5.41) is 0. The molecule has 1 aromatic carbocycles. The second-order valence-corrected chi connectivity index (χ2v) is 44.6. The minimum absolute atomic E-state index is 0.0190. The summed E-state index contributed by atoms with van der Waals surface area (Å²) in [5.74, 6) is 0.951. The molecule has 1 aromatic rings. The van der Waals surface area contributed by atoms with Crippen molar-refractivity contribution in [1.29, 1.82) is 0 Å². The van der Waals surface area contributed by atoms with E-state index in [0.29, 0.717) is 99.7 Å². The van der Waals surface area contributed by atoms with Crippen LogP contribution in [0.15, 0.2) is 23.8 Å². The van der Waals surface area contributed by atoms with Crippen molar-refractivity contribution in [2.75, 3.05) is 116 Å². The summed E-state index contributed by atoms with van der Waals surface area (Å²) >= 11 is 0. The molecule has 7 heterocycles. The number of allylic oxidation sites excluding steroid dienone is 1. The summed E-state index contributed by atoms with van der Waals surface area (Å²) < 4.78 is 52.3. The van der Waals surface area contributed by atoms with Crippen molar-refractivity contribution >= 4 is 103 Å². The molecule has 0 spiro atoms. The third-order valence-electron chi connectivity index (χ3n) is 24.3. The molecule has 10 aliphatic rings. The highest BCUT2D eigenvalue weighted by Crippen LogP contribution is 2.66. The number of nitrogens with zero attached hydrogens (tertiary/aromatic N) is 11. The van der Waals surface area contributed by atoms with Crippen LogP contribution in [0, 0.1) is 41.9 Å². The van der Waals surface area contributed by atoms with Gasteiger partial charge < -0.3 is 71.9 Å². The van der Waals surface area contributed by atoms with Gasteiger partial charge in [0, 0.05) is 109 Å². The van der Waals surface area contributed by atoms with Crippen LogP contribution in [0.1, 0.15) is 258 Å². The molecule has 0 aromatic heterocycles. The Bertz CT molecular complexity index is 4510. The number of amides is 11. The van der Waals surface area contributed by atoms with E-state index in [1.54, 1.807) is 132 Å². The van der Waals surface area contributed by atoms with Crippen LogP contribution < -0.4 is 4.74 Å². The van der Waals surface area contributed by atoms with Crippen LogP contribution in [0.2, 0.25) is 6.32 Å². The molecule has 11 amide bonds. The summed E-state index contributed by atoms with van der Waals surface area (Å²) in [5.41, 5.74) is -0.328. The molecule has 2 unspecified atom stereocenters. The summed E-state index contributed by atoms with van der Waals surface area (Å²) in [6.45, 7) is 50.3. The standard InChI is InChI=1S/C41H62BN3O9.C15H28N2O3.C15H26N2O3.C13H24N2O3.C12H20N2O4.3CO2/c1-24-26(15-16-42-53-32-20-27-19-31(40(27,8)9)41(32,10)54-42)13-14-30(34(24)36(48)51-38(2,3)4)50-28-22-44(23-28)33(46)18-25-17-29(35(47)43(11)12)45(21-25)37(49)52-39(5,6)7;2*1-7-8-11-9-12(13(18)16(5)6)17(10-11)14(19)20-15(2,3)4;1-9-7-10(11(16)14(5)6)15(8-9)12(17)18-13(2,3)4;1-12(2,3)18-11(17)14-7-8(15)6-9(14)10(16)13(4)5;3*2-1-3/h13-14,25,27-29,31-32H,15-23H2,1-12H3;11-12H,7-10H2,1-6H3;8,12H,7,9-10H2,1-6H3;9-10H,7-8H2,1-6H3;9H,6-7H2,1-5H3;;;/b;;11-8+;;;;;/t25-,27-,29+,31-,32+,41-;11-,12?;12-;9-,10?;9-;;;/m01111.../s1. The fourth-order valence-electron chi connectivity index (χ4n) is 18.1. The summed E-state index contributed by atoms with van der Waals surface area (Å²) in [7, 11) is 16.5. The largest absolute Gasteiger partial charge is 0.486 e. The van der Waals surface area contributed by atoms with Gasteiger partial charge in [0.15, 0.2) is 5.78 Å². The van der Waals surface area contributed by atoms with Crippen LogP contribution in [0.25, 0.3) is 0 Å². The lowest BCUT2D eigenvalue weighted by Crippen LogP contribution is -2.65. The van der Waals surface area contributed by atoms with Gasteiger partial charge in [-0.15, -0.1) is 0 Å². The lowest BCUT2D eigenvalue weighted by atomic mass is 9.43. The molecular formula is C99H160BN11O28. The van der Waals surface area contributed by atoms with Gasteiger partial charge in [0.1, 0.15) is 81.2 Å². The molecular weight excluding hydrogens is 1800 g/mol. The van der Waals surface area contributed by atoms with Crippen molar-refractivity contribution in [3.05, 3.63) is 40.5 Å². The van der Waals surface area contributed by atoms with Gasteiger partial charge in [-0.1, -0.05) is 58.8 Å². The number of hydrogen-bond acceptors (Lipinski definition) is 28. The number of aryl methyl sites for hydroxylation is 1. The van der Waals surface area contributed by atoms with E-state index < -0.39 is 82.1 Å². The Morgan fingerprint density at radius 3 is 1.25 bits per heavy atom. The van der Waals surface area contributed by atoms with Gasteiger partial charge in [-0.3, -0.25) is 58.1 Å². The van der Waals surface area contributed by atoms with Crippen molar-refractivity contribution in [3.63, 3.8) is 0 Å². The third kappa shape index (κ3) is 37.0. The van der Waals surface area contributed by atoms with E-state index in [1.165, 1.54) is 40.7 Å². The van der Waals surface area contributed by atoms with Gasteiger partial charge in [-0.25, -0.2) is 28.8 Å². The zero-order valence-electron chi connectivity index (χ0n) is 89.2. The lowest BCUT2D eigenvalue weighted by Gasteiger charge is -2.64.